The van der Waals surface area contributed by atoms with Crippen molar-refractivity contribution in [1.29, 1.82) is 0 Å². The predicted octanol–water partition coefficient (Wildman–Crippen LogP) is 6.52. The molecule has 1 atom stereocenters. The number of anilines is 1. The summed E-state index contributed by atoms with van der Waals surface area (Å²) in [6.07, 6.45) is 0.232. The molecular formula is C36H40BrN3O5S. The lowest BCUT2D eigenvalue weighted by atomic mass is 10.0. The highest BCUT2D eigenvalue weighted by molar-refractivity contribution is 9.10. The van der Waals surface area contributed by atoms with E-state index in [1.54, 1.807) is 36.4 Å². The molecule has 46 heavy (non-hydrogen) atoms. The fourth-order valence-corrected chi connectivity index (χ4v) is 6.81. The van der Waals surface area contributed by atoms with Crippen LogP contribution in [0.4, 0.5) is 5.69 Å². The number of benzene rings is 4. The third-order valence-electron chi connectivity index (χ3n) is 7.26. The molecule has 4 aromatic carbocycles. The van der Waals surface area contributed by atoms with Crippen molar-refractivity contribution in [1.82, 2.24) is 10.2 Å². The number of hydrogen-bond acceptors (Lipinski definition) is 5. The van der Waals surface area contributed by atoms with Gasteiger partial charge in [-0.1, -0.05) is 76.1 Å². The smallest absolute Gasteiger partial charge is 0.264 e. The minimum Gasteiger partial charge on any atom is -0.497 e. The average molecular weight is 707 g/mol. The molecule has 0 saturated heterocycles. The van der Waals surface area contributed by atoms with E-state index in [4.69, 9.17) is 4.74 Å². The van der Waals surface area contributed by atoms with Crippen LogP contribution in [-0.4, -0.2) is 50.4 Å². The fourth-order valence-electron chi connectivity index (χ4n) is 4.95. The van der Waals surface area contributed by atoms with Crippen molar-refractivity contribution in [3.63, 3.8) is 0 Å². The Balaban J connectivity index is 1.82. The van der Waals surface area contributed by atoms with Gasteiger partial charge in [0.1, 0.15) is 18.3 Å². The molecule has 0 bridgehead atoms. The number of methoxy groups -OCH3 is 1. The molecule has 10 heteroatoms. The number of rotatable bonds is 12. The lowest BCUT2D eigenvalue weighted by molar-refractivity contribution is -0.140. The SMILES string of the molecule is COc1ccc(N(CC(=O)N(Cc2cccc(Br)c2)[C@@H](Cc2ccccc2)C(=O)NC(C)(C)C)S(=O)(=O)c2ccc(C)cc2)cc1. The van der Waals surface area contributed by atoms with Gasteiger partial charge in [0, 0.05) is 23.0 Å². The molecule has 0 saturated carbocycles. The largest absolute Gasteiger partial charge is 0.497 e. The number of carbonyl (C=O) groups excluding carboxylic acids is 2. The zero-order chi connectivity index (χ0) is 33.5. The second-order valence-electron chi connectivity index (χ2n) is 12.1. The maximum absolute atomic E-state index is 14.6. The maximum atomic E-state index is 14.6. The summed E-state index contributed by atoms with van der Waals surface area (Å²) in [5.74, 6) is -0.325. The second kappa shape index (κ2) is 15.0. The highest BCUT2D eigenvalue weighted by atomic mass is 79.9. The Morgan fingerprint density at radius 1 is 0.870 bits per heavy atom. The van der Waals surface area contributed by atoms with E-state index < -0.39 is 34.1 Å². The van der Waals surface area contributed by atoms with Crippen molar-refractivity contribution in [2.24, 2.45) is 0 Å². The third-order valence-corrected chi connectivity index (χ3v) is 9.54. The monoisotopic (exact) mass is 705 g/mol. The highest BCUT2D eigenvalue weighted by Crippen LogP contribution is 2.27. The van der Waals surface area contributed by atoms with Crippen LogP contribution < -0.4 is 14.4 Å². The zero-order valence-electron chi connectivity index (χ0n) is 26.7. The van der Waals surface area contributed by atoms with Crippen molar-refractivity contribution < 1.29 is 22.7 Å². The van der Waals surface area contributed by atoms with E-state index in [-0.39, 0.29) is 29.5 Å². The summed E-state index contributed by atoms with van der Waals surface area (Å²) in [5, 5.41) is 3.04. The molecule has 0 aliphatic carbocycles. The Kier molecular flexibility index (Phi) is 11.3. The van der Waals surface area contributed by atoms with Crippen LogP contribution in [0.5, 0.6) is 5.75 Å². The quantitative estimate of drug-likeness (QED) is 0.181. The molecule has 0 fully saturated rings. The van der Waals surface area contributed by atoms with E-state index in [0.29, 0.717) is 5.75 Å². The molecule has 0 radical (unpaired) electrons. The molecule has 0 aromatic heterocycles. The van der Waals surface area contributed by atoms with Crippen LogP contribution >= 0.6 is 15.9 Å². The number of halogens is 1. The number of ether oxygens (including phenoxy) is 1. The number of carbonyl (C=O) groups is 2. The van der Waals surface area contributed by atoms with Gasteiger partial charge in [0.2, 0.25) is 11.8 Å². The van der Waals surface area contributed by atoms with Gasteiger partial charge in [0.05, 0.1) is 17.7 Å². The topological polar surface area (TPSA) is 96.0 Å². The summed E-state index contributed by atoms with van der Waals surface area (Å²) < 4.78 is 35.6. The molecule has 0 unspecified atom stereocenters. The average Bonchev–Trinajstić information content (AvgIpc) is 3.01. The Morgan fingerprint density at radius 3 is 2.09 bits per heavy atom. The summed E-state index contributed by atoms with van der Waals surface area (Å²) in [6, 6.07) is 29.0. The predicted molar refractivity (Wildman–Crippen MR) is 185 cm³/mol. The molecular weight excluding hydrogens is 666 g/mol. The van der Waals surface area contributed by atoms with E-state index >= 15 is 0 Å². The van der Waals surface area contributed by atoms with E-state index in [9.17, 15) is 18.0 Å². The zero-order valence-corrected chi connectivity index (χ0v) is 29.1. The molecule has 0 aliphatic rings. The summed E-state index contributed by atoms with van der Waals surface area (Å²) in [4.78, 5) is 30.1. The van der Waals surface area contributed by atoms with Crippen molar-refractivity contribution in [2.75, 3.05) is 18.0 Å². The molecule has 242 valence electrons. The number of nitrogens with zero attached hydrogens (tertiary/aromatic N) is 2. The number of hydrogen-bond donors (Lipinski definition) is 1. The number of nitrogens with one attached hydrogen (secondary N) is 1. The van der Waals surface area contributed by atoms with Gasteiger partial charge < -0.3 is 15.0 Å². The summed E-state index contributed by atoms with van der Waals surface area (Å²) in [7, 11) is -2.67. The Labute approximate surface area is 280 Å². The summed E-state index contributed by atoms with van der Waals surface area (Å²) >= 11 is 3.51. The molecule has 4 aromatic rings. The van der Waals surface area contributed by atoms with E-state index in [0.717, 1.165) is 25.5 Å². The number of sulfonamides is 1. The van der Waals surface area contributed by atoms with Crippen LogP contribution in [0.2, 0.25) is 0 Å². The Morgan fingerprint density at radius 2 is 1.50 bits per heavy atom. The number of amides is 2. The number of aryl methyl sites for hydroxylation is 1. The molecule has 0 spiro atoms. The lowest BCUT2D eigenvalue weighted by Gasteiger charge is -2.35. The van der Waals surface area contributed by atoms with Gasteiger partial charge >= 0.3 is 0 Å². The van der Waals surface area contributed by atoms with Gasteiger partial charge in [-0.3, -0.25) is 13.9 Å². The molecule has 4 rings (SSSR count). The van der Waals surface area contributed by atoms with Crippen molar-refractivity contribution in [3.05, 3.63) is 124 Å². The lowest BCUT2D eigenvalue weighted by Crippen LogP contribution is -2.56. The first-order chi connectivity index (χ1) is 21.8. The molecule has 0 heterocycles. The van der Waals surface area contributed by atoms with Crippen LogP contribution in [-0.2, 0) is 32.6 Å². The van der Waals surface area contributed by atoms with E-state index in [2.05, 4.69) is 21.2 Å². The maximum Gasteiger partial charge on any atom is 0.264 e. The third kappa shape index (κ3) is 9.20. The standard InChI is InChI=1S/C36H40BrN3O5S/c1-26-14-20-32(21-15-26)46(43,44)40(30-16-18-31(45-5)19-17-30)25-34(41)39(24-28-12-9-13-29(37)22-28)33(35(42)38-36(2,3)4)23-27-10-7-6-8-11-27/h6-22,33H,23-25H2,1-5H3,(H,38,42)/t33-/m0/s1. The van der Waals surface area contributed by atoms with Crippen LogP contribution in [0.1, 0.15) is 37.5 Å². The molecule has 0 aliphatic heterocycles. The normalized spacial score (nSPS) is 12.2. The van der Waals surface area contributed by atoms with Crippen LogP contribution in [0, 0.1) is 6.92 Å². The Hall–Kier alpha value is -4.15. The van der Waals surface area contributed by atoms with Gasteiger partial charge in [-0.25, -0.2) is 8.42 Å². The van der Waals surface area contributed by atoms with Gasteiger partial charge in [0.25, 0.3) is 10.0 Å². The highest BCUT2D eigenvalue weighted by Gasteiger charge is 2.35. The van der Waals surface area contributed by atoms with Crippen LogP contribution in [0.15, 0.2) is 112 Å². The van der Waals surface area contributed by atoms with Gasteiger partial charge in [0.15, 0.2) is 0 Å². The van der Waals surface area contributed by atoms with Crippen molar-refractivity contribution in [2.45, 2.75) is 57.1 Å². The minimum atomic E-state index is -4.20. The molecule has 1 N–H and O–H groups in total. The first-order valence-corrected chi connectivity index (χ1v) is 17.1. The van der Waals surface area contributed by atoms with Gasteiger partial charge in [-0.2, -0.15) is 0 Å². The van der Waals surface area contributed by atoms with Crippen molar-refractivity contribution >= 4 is 43.5 Å². The summed E-state index contributed by atoms with van der Waals surface area (Å²) in [5.41, 5.74) is 2.26. The van der Waals surface area contributed by atoms with E-state index in [1.807, 2.05) is 82.3 Å². The molecule has 2 amide bonds. The minimum absolute atomic E-state index is 0.0477. The first-order valence-electron chi connectivity index (χ1n) is 14.9. The Bertz CT molecular complexity index is 1740. The fraction of sp³-hybridized carbons (Fsp3) is 0.278. The van der Waals surface area contributed by atoms with Crippen LogP contribution in [0.3, 0.4) is 0 Å². The van der Waals surface area contributed by atoms with Gasteiger partial charge in [-0.05, 0) is 87.4 Å². The second-order valence-corrected chi connectivity index (χ2v) is 14.9. The summed E-state index contributed by atoms with van der Waals surface area (Å²) in [6.45, 7) is 7.05. The molecule has 8 nitrogen and oxygen atoms in total. The van der Waals surface area contributed by atoms with Gasteiger partial charge in [-0.15, -0.1) is 0 Å². The van der Waals surface area contributed by atoms with Crippen molar-refractivity contribution in [3.8, 4) is 5.75 Å². The first kappa shape index (κ1) is 34.7. The van der Waals surface area contributed by atoms with E-state index in [1.165, 1.54) is 24.1 Å². The van der Waals surface area contributed by atoms with Crippen LogP contribution in [0.25, 0.3) is 0 Å².